The Kier molecular flexibility index (Phi) is 8.37. The van der Waals surface area contributed by atoms with Gasteiger partial charge in [-0.1, -0.05) is 5.16 Å². The van der Waals surface area contributed by atoms with Crippen LogP contribution in [0.25, 0.3) is 0 Å². The SMILES string of the molecule is CCNC(=NCc1nc(C)no1)NCCCCOCC. The smallest absolute Gasteiger partial charge is 0.248 e. The van der Waals surface area contributed by atoms with E-state index in [4.69, 9.17) is 9.26 Å². The van der Waals surface area contributed by atoms with Crippen LogP contribution in [0.2, 0.25) is 0 Å². The summed E-state index contributed by atoms with van der Waals surface area (Å²) in [5.74, 6) is 1.92. The van der Waals surface area contributed by atoms with E-state index in [-0.39, 0.29) is 0 Å². The second-order valence-electron chi connectivity index (χ2n) is 4.26. The van der Waals surface area contributed by atoms with E-state index in [1.54, 1.807) is 6.92 Å². The number of nitrogens with one attached hydrogen (secondary N) is 2. The standard InChI is InChI=1S/C13H25N5O2/c1-4-14-13(15-8-6-7-9-19-5-2)16-10-12-17-11(3)18-20-12/h4-10H2,1-3H3,(H2,14,15,16). The van der Waals surface area contributed by atoms with Crippen LogP contribution in [0.3, 0.4) is 0 Å². The summed E-state index contributed by atoms with van der Waals surface area (Å²) in [4.78, 5) is 8.51. The van der Waals surface area contributed by atoms with Crippen LogP contribution >= 0.6 is 0 Å². The van der Waals surface area contributed by atoms with Gasteiger partial charge in [0.2, 0.25) is 5.89 Å². The first-order valence-electron chi connectivity index (χ1n) is 7.15. The van der Waals surface area contributed by atoms with E-state index in [1.807, 2.05) is 13.8 Å². The molecule has 0 aromatic carbocycles. The van der Waals surface area contributed by atoms with Crippen molar-refractivity contribution in [3.8, 4) is 0 Å². The summed E-state index contributed by atoms with van der Waals surface area (Å²) in [6, 6.07) is 0. The Balaban J connectivity index is 2.28. The normalized spacial score (nSPS) is 11.7. The lowest BCUT2D eigenvalue weighted by atomic mass is 10.3. The van der Waals surface area contributed by atoms with Crippen molar-refractivity contribution in [2.45, 2.75) is 40.2 Å². The number of ether oxygens (including phenoxy) is 1. The van der Waals surface area contributed by atoms with Crippen LogP contribution in [0, 0.1) is 6.92 Å². The minimum Gasteiger partial charge on any atom is -0.382 e. The van der Waals surface area contributed by atoms with Crippen molar-refractivity contribution in [2.75, 3.05) is 26.3 Å². The van der Waals surface area contributed by atoms with E-state index in [0.29, 0.717) is 18.3 Å². The van der Waals surface area contributed by atoms with E-state index >= 15 is 0 Å². The topological polar surface area (TPSA) is 84.6 Å². The fourth-order valence-electron chi connectivity index (χ4n) is 1.57. The molecule has 1 aromatic rings. The van der Waals surface area contributed by atoms with Crippen LogP contribution in [-0.4, -0.2) is 42.4 Å². The van der Waals surface area contributed by atoms with Crippen LogP contribution in [-0.2, 0) is 11.3 Å². The van der Waals surface area contributed by atoms with E-state index in [9.17, 15) is 0 Å². The van der Waals surface area contributed by atoms with Crippen molar-refractivity contribution in [3.05, 3.63) is 11.7 Å². The van der Waals surface area contributed by atoms with Gasteiger partial charge in [0, 0.05) is 26.3 Å². The monoisotopic (exact) mass is 283 g/mol. The van der Waals surface area contributed by atoms with Gasteiger partial charge in [0.25, 0.3) is 0 Å². The van der Waals surface area contributed by atoms with Gasteiger partial charge in [0.15, 0.2) is 11.8 Å². The van der Waals surface area contributed by atoms with Gasteiger partial charge < -0.3 is 19.9 Å². The van der Waals surface area contributed by atoms with Gasteiger partial charge in [-0.2, -0.15) is 4.98 Å². The molecule has 20 heavy (non-hydrogen) atoms. The van der Waals surface area contributed by atoms with Gasteiger partial charge in [-0.05, 0) is 33.6 Å². The van der Waals surface area contributed by atoms with Crippen LogP contribution in [0.4, 0.5) is 0 Å². The molecule has 114 valence electrons. The fraction of sp³-hybridized carbons (Fsp3) is 0.769. The molecule has 0 spiro atoms. The molecule has 0 unspecified atom stereocenters. The van der Waals surface area contributed by atoms with Crippen molar-refractivity contribution in [1.82, 2.24) is 20.8 Å². The molecule has 0 saturated carbocycles. The summed E-state index contributed by atoms with van der Waals surface area (Å²) in [6.45, 7) is 9.48. The van der Waals surface area contributed by atoms with Gasteiger partial charge >= 0.3 is 0 Å². The van der Waals surface area contributed by atoms with Gasteiger partial charge in [-0.3, -0.25) is 0 Å². The molecular weight excluding hydrogens is 258 g/mol. The third kappa shape index (κ3) is 7.08. The van der Waals surface area contributed by atoms with Crippen LogP contribution < -0.4 is 10.6 Å². The predicted molar refractivity (Wildman–Crippen MR) is 77.6 cm³/mol. The largest absolute Gasteiger partial charge is 0.382 e. The number of rotatable bonds is 9. The second-order valence-corrected chi connectivity index (χ2v) is 4.26. The van der Waals surface area contributed by atoms with Crippen LogP contribution in [0.1, 0.15) is 38.4 Å². The fourth-order valence-corrected chi connectivity index (χ4v) is 1.57. The zero-order valence-corrected chi connectivity index (χ0v) is 12.6. The van der Waals surface area contributed by atoms with E-state index in [2.05, 4.69) is 25.8 Å². The number of nitrogens with zero attached hydrogens (tertiary/aromatic N) is 3. The Morgan fingerprint density at radius 1 is 1.30 bits per heavy atom. The highest BCUT2D eigenvalue weighted by Crippen LogP contribution is 1.97. The third-order valence-corrected chi connectivity index (χ3v) is 2.50. The lowest BCUT2D eigenvalue weighted by Crippen LogP contribution is -2.37. The average molecular weight is 283 g/mol. The Morgan fingerprint density at radius 2 is 2.15 bits per heavy atom. The summed E-state index contributed by atoms with van der Waals surface area (Å²) >= 11 is 0. The molecule has 0 amide bonds. The Morgan fingerprint density at radius 3 is 2.80 bits per heavy atom. The third-order valence-electron chi connectivity index (χ3n) is 2.50. The van der Waals surface area contributed by atoms with Crippen LogP contribution in [0.15, 0.2) is 9.52 Å². The Hall–Kier alpha value is -1.63. The molecule has 0 fully saturated rings. The van der Waals surface area contributed by atoms with Gasteiger partial charge in [-0.15, -0.1) is 0 Å². The quantitative estimate of drug-likeness (QED) is 0.403. The molecule has 1 aromatic heterocycles. The van der Waals surface area contributed by atoms with E-state index < -0.39 is 0 Å². The summed E-state index contributed by atoms with van der Waals surface area (Å²) in [5.41, 5.74) is 0. The molecule has 2 N–H and O–H groups in total. The lowest BCUT2D eigenvalue weighted by molar-refractivity contribution is 0.143. The Labute approximate surface area is 120 Å². The average Bonchev–Trinajstić information content (AvgIpc) is 2.85. The minimum absolute atomic E-state index is 0.384. The first kappa shape index (κ1) is 16.4. The van der Waals surface area contributed by atoms with Gasteiger partial charge in [0.1, 0.15) is 6.54 Å². The number of aromatic nitrogens is 2. The number of unbranched alkanes of at least 4 members (excludes halogenated alkanes) is 1. The number of aryl methyl sites for hydroxylation is 1. The highest BCUT2D eigenvalue weighted by atomic mass is 16.5. The van der Waals surface area contributed by atoms with Crippen molar-refractivity contribution < 1.29 is 9.26 Å². The van der Waals surface area contributed by atoms with E-state index in [0.717, 1.165) is 45.1 Å². The molecular formula is C13H25N5O2. The summed E-state index contributed by atoms with van der Waals surface area (Å²) < 4.78 is 10.3. The Bertz CT molecular complexity index is 392. The molecule has 7 nitrogen and oxygen atoms in total. The van der Waals surface area contributed by atoms with Crippen molar-refractivity contribution in [2.24, 2.45) is 4.99 Å². The molecule has 0 aliphatic carbocycles. The first-order valence-corrected chi connectivity index (χ1v) is 7.15. The predicted octanol–water partition coefficient (Wildman–Crippen LogP) is 1.25. The van der Waals surface area contributed by atoms with Crippen molar-refractivity contribution >= 4 is 5.96 Å². The molecule has 0 aliphatic rings. The highest BCUT2D eigenvalue weighted by Gasteiger charge is 2.02. The first-order chi connectivity index (χ1) is 9.76. The number of hydrogen-bond donors (Lipinski definition) is 2. The maximum atomic E-state index is 5.29. The lowest BCUT2D eigenvalue weighted by Gasteiger charge is -2.10. The minimum atomic E-state index is 0.384. The van der Waals surface area contributed by atoms with E-state index in [1.165, 1.54) is 0 Å². The summed E-state index contributed by atoms with van der Waals surface area (Å²) in [5, 5.41) is 10.2. The zero-order valence-electron chi connectivity index (χ0n) is 12.6. The zero-order chi connectivity index (χ0) is 14.6. The number of hydrogen-bond acceptors (Lipinski definition) is 5. The maximum Gasteiger partial charge on any atom is 0.248 e. The van der Waals surface area contributed by atoms with Crippen LogP contribution in [0.5, 0.6) is 0 Å². The highest BCUT2D eigenvalue weighted by molar-refractivity contribution is 5.79. The summed E-state index contributed by atoms with van der Waals surface area (Å²) in [6.07, 6.45) is 2.09. The second kappa shape index (κ2) is 10.2. The van der Waals surface area contributed by atoms with Crippen molar-refractivity contribution in [3.63, 3.8) is 0 Å². The number of aliphatic imine (C=N–C) groups is 1. The van der Waals surface area contributed by atoms with Gasteiger partial charge in [-0.25, -0.2) is 4.99 Å². The molecule has 0 saturated heterocycles. The molecule has 1 heterocycles. The molecule has 0 radical (unpaired) electrons. The molecule has 7 heteroatoms. The molecule has 0 atom stereocenters. The molecule has 1 rings (SSSR count). The van der Waals surface area contributed by atoms with Crippen molar-refractivity contribution in [1.29, 1.82) is 0 Å². The summed E-state index contributed by atoms with van der Waals surface area (Å²) in [7, 11) is 0. The number of guanidine groups is 1. The van der Waals surface area contributed by atoms with Gasteiger partial charge in [0.05, 0.1) is 0 Å². The maximum absolute atomic E-state index is 5.29. The molecule has 0 bridgehead atoms. The molecule has 0 aliphatic heterocycles.